The lowest BCUT2D eigenvalue weighted by Crippen LogP contribution is -2.51. The van der Waals surface area contributed by atoms with Crippen LogP contribution in [0.4, 0.5) is 0 Å². The maximum Gasteiger partial charge on any atom is 0.243 e. The number of halogens is 3. The number of hydrogen-bond donors (Lipinski definition) is 1. The largest absolute Gasteiger partial charge is 0.354 e. The van der Waals surface area contributed by atoms with Crippen LogP contribution in [0.25, 0.3) is 0 Å². The molecule has 0 fully saturated rings. The first kappa shape index (κ1) is 27.1. The highest BCUT2D eigenvalue weighted by Crippen LogP contribution is 2.25. The number of carbonyl (C=O) groups is 2. The predicted molar refractivity (Wildman–Crippen MR) is 144 cm³/mol. The number of nitrogens with one attached hydrogen (secondary N) is 1. The average molecular weight is 532 g/mol. The Morgan fingerprint density at radius 3 is 2.20 bits per heavy atom. The van der Waals surface area contributed by atoms with Crippen molar-refractivity contribution in [2.45, 2.75) is 39.3 Å². The lowest BCUT2D eigenvalue weighted by atomic mass is 10.0. The Bertz CT molecular complexity index is 1150. The van der Waals surface area contributed by atoms with Gasteiger partial charge in [0.1, 0.15) is 6.04 Å². The van der Waals surface area contributed by atoms with Crippen molar-refractivity contribution in [2.75, 3.05) is 6.54 Å². The van der Waals surface area contributed by atoms with E-state index >= 15 is 0 Å². The van der Waals surface area contributed by atoms with Crippen molar-refractivity contribution >= 4 is 46.6 Å². The highest BCUT2D eigenvalue weighted by Gasteiger charge is 2.31. The van der Waals surface area contributed by atoms with E-state index in [0.29, 0.717) is 39.2 Å². The summed E-state index contributed by atoms with van der Waals surface area (Å²) in [5.41, 5.74) is 2.36. The van der Waals surface area contributed by atoms with Gasteiger partial charge in [0.15, 0.2) is 0 Å². The Labute approximate surface area is 222 Å². The zero-order valence-electron chi connectivity index (χ0n) is 19.8. The summed E-state index contributed by atoms with van der Waals surface area (Å²) in [6.07, 6.45) is 0.428. The van der Waals surface area contributed by atoms with Gasteiger partial charge in [-0.25, -0.2) is 0 Å². The molecule has 35 heavy (non-hydrogen) atoms. The monoisotopic (exact) mass is 530 g/mol. The van der Waals surface area contributed by atoms with Crippen LogP contribution in [-0.2, 0) is 29.0 Å². The predicted octanol–water partition coefficient (Wildman–Crippen LogP) is 6.60. The first-order chi connectivity index (χ1) is 16.7. The third kappa shape index (κ3) is 7.99. The van der Waals surface area contributed by atoms with Crippen LogP contribution >= 0.6 is 34.8 Å². The summed E-state index contributed by atoms with van der Waals surface area (Å²) in [4.78, 5) is 28.8. The minimum atomic E-state index is -0.738. The van der Waals surface area contributed by atoms with Crippen molar-refractivity contribution in [2.24, 2.45) is 5.92 Å². The topological polar surface area (TPSA) is 49.4 Å². The Morgan fingerprint density at radius 1 is 0.857 bits per heavy atom. The molecule has 4 nitrogen and oxygen atoms in total. The Morgan fingerprint density at radius 2 is 1.54 bits per heavy atom. The highest BCUT2D eigenvalue weighted by molar-refractivity contribution is 6.35. The zero-order valence-corrected chi connectivity index (χ0v) is 22.1. The molecule has 184 valence electrons. The Balaban J connectivity index is 2.00. The molecule has 3 aromatic rings. The molecule has 3 rings (SSSR count). The summed E-state index contributed by atoms with van der Waals surface area (Å²) in [6, 6.07) is 21.3. The molecule has 3 aromatic carbocycles. The maximum atomic E-state index is 13.7. The standard InChI is InChI=1S/C28H29Cl3N2O2/c1-19(2)17-32-28(35)26(14-20-8-4-3-5-9-20)33(18-22-12-13-23(29)16-25(22)31)27(34)15-21-10-6-7-11-24(21)30/h3-13,16,19,26H,14-15,17-18H2,1-2H3,(H,32,35)/t26-/m1/s1. The number of rotatable bonds is 10. The minimum absolute atomic E-state index is 0.0631. The third-order valence-electron chi connectivity index (χ3n) is 5.61. The molecule has 0 saturated carbocycles. The van der Waals surface area contributed by atoms with Crippen molar-refractivity contribution in [1.29, 1.82) is 0 Å². The van der Waals surface area contributed by atoms with Crippen LogP contribution in [0.15, 0.2) is 72.8 Å². The quantitative estimate of drug-likeness (QED) is 0.320. The fourth-order valence-electron chi connectivity index (χ4n) is 3.72. The van der Waals surface area contributed by atoms with Crippen LogP contribution in [0.5, 0.6) is 0 Å². The van der Waals surface area contributed by atoms with Gasteiger partial charge in [0, 0.05) is 34.6 Å². The van der Waals surface area contributed by atoms with E-state index in [4.69, 9.17) is 34.8 Å². The first-order valence-electron chi connectivity index (χ1n) is 11.5. The first-order valence-corrected chi connectivity index (χ1v) is 12.7. The molecular formula is C28H29Cl3N2O2. The number of hydrogen-bond acceptors (Lipinski definition) is 2. The second-order valence-electron chi connectivity index (χ2n) is 8.87. The lowest BCUT2D eigenvalue weighted by molar-refractivity contribution is -0.140. The second kappa shape index (κ2) is 13.0. The van der Waals surface area contributed by atoms with Gasteiger partial charge in [0.25, 0.3) is 0 Å². The molecule has 0 bridgehead atoms. The van der Waals surface area contributed by atoms with Gasteiger partial charge in [-0.2, -0.15) is 0 Å². The molecule has 2 amide bonds. The van der Waals surface area contributed by atoms with Crippen molar-refractivity contribution in [1.82, 2.24) is 10.2 Å². The smallest absolute Gasteiger partial charge is 0.243 e. The van der Waals surface area contributed by atoms with Crippen LogP contribution < -0.4 is 5.32 Å². The molecule has 0 aromatic heterocycles. The third-order valence-corrected chi connectivity index (χ3v) is 6.57. The van der Waals surface area contributed by atoms with Crippen molar-refractivity contribution in [3.8, 4) is 0 Å². The molecular weight excluding hydrogens is 503 g/mol. The SMILES string of the molecule is CC(C)CNC(=O)[C@@H](Cc1ccccc1)N(Cc1ccc(Cl)cc1Cl)C(=O)Cc1ccccc1Cl. The summed E-state index contributed by atoms with van der Waals surface area (Å²) in [7, 11) is 0. The van der Waals surface area contributed by atoms with E-state index in [1.165, 1.54) is 0 Å². The zero-order chi connectivity index (χ0) is 25.4. The van der Waals surface area contributed by atoms with Crippen molar-refractivity contribution < 1.29 is 9.59 Å². The number of nitrogens with zero attached hydrogens (tertiary/aromatic N) is 1. The highest BCUT2D eigenvalue weighted by atomic mass is 35.5. The molecule has 0 unspecified atom stereocenters. The van der Waals surface area contributed by atoms with Crippen molar-refractivity contribution in [3.63, 3.8) is 0 Å². The molecule has 0 spiro atoms. The van der Waals surface area contributed by atoms with Crippen LogP contribution in [0.3, 0.4) is 0 Å². The van der Waals surface area contributed by atoms with Gasteiger partial charge in [-0.05, 0) is 40.8 Å². The van der Waals surface area contributed by atoms with Crippen LogP contribution in [0.2, 0.25) is 15.1 Å². The molecule has 0 heterocycles. The minimum Gasteiger partial charge on any atom is -0.354 e. The van der Waals surface area contributed by atoms with E-state index in [0.717, 1.165) is 5.56 Å². The van der Waals surface area contributed by atoms with Gasteiger partial charge in [0.2, 0.25) is 11.8 Å². The fourth-order valence-corrected chi connectivity index (χ4v) is 4.39. The summed E-state index contributed by atoms with van der Waals surface area (Å²) in [5, 5.41) is 4.46. The van der Waals surface area contributed by atoms with Gasteiger partial charge in [0.05, 0.1) is 6.42 Å². The van der Waals surface area contributed by atoms with E-state index in [-0.39, 0.29) is 30.7 Å². The van der Waals surface area contributed by atoms with E-state index < -0.39 is 6.04 Å². The number of benzene rings is 3. The summed E-state index contributed by atoms with van der Waals surface area (Å²) in [6.45, 7) is 4.73. The fraction of sp³-hybridized carbons (Fsp3) is 0.286. The maximum absolute atomic E-state index is 13.7. The molecule has 1 N–H and O–H groups in total. The van der Waals surface area contributed by atoms with E-state index in [1.54, 1.807) is 29.2 Å². The van der Waals surface area contributed by atoms with E-state index in [9.17, 15) is 9.59 Å². The number of amides is 2. The summed E-state index contributed by atoms with van der Waals surface area (Å²) >= 11 is 18.9. The van der Waals surface area contributed by atoms with E-state index in [1.807, 2.05) is 62.4 Å². The van der Waals surface area contributed by atoms with Crippen LogP contribution in [0.1, 0.15) is 30.5 Å². The van der Waals surface area contributed by atoms with Gasteiger partial charge in [-0.3, -0.25) is 9.59 Å². The van der Waals surface area contributed by atoms with Gasteiger partial charge < -0.3 is 10.2 Å². The van der Waals surface area contributed by atoms with Crippen molar-refractivity contribution in [3.05, 3.63) is 105 Å². The number of carbonyl (C=O) groups excluding carboxylic acids is 2. The normalized spacial score (nSPS) is 11.8. The molecule has 0 radical (unpaired) electrons. The molecule has 0 aliphatic heterocycles. The molecule has 1 atom stereocenters. The molecule has 0 saturated heterocycles. The second-order valence-corrected chi connectivity index (χ2v) is 10.1. The van der Waals surface area contributed by atoms with Crippen LogP contribution in [0, 0.1) is 5.92 Å². The summed E-state index contributed by atoms with van der Waals surface area (Å²) in [5.74, 6) is -0.154. The molecule has 0 aliphatic carbocycles. The van der Waals surface area contributed by atoms with Gasteiger partial charge in [-0.15, -0.1) is 0 Å². The van der Waals surface area contributed by atoms with Crippen LogP contribution in [-0.4, -0.2) is 29.3 Å². The summed E-state index contributed by atoms with van der Waals surface area (Å²) < 4.78 is 0. The average Bonchev–Trinajstić information content (AvgIpc) is 2.83. The van der Waals surface area contributed by atoms with Gasteiger partial charge in [-0.1, -0.05) is 103 Å². The van der Waals surface area contributed by atoms with Gasteiger partial charge >= 0.3 is 0 Å². The Hall–Kier alpha value is -2.53. The molecule has 7 heteroatoms. The Kier molecular flexibility index (Phi) is 10.0. The lowest BCUT2D eigenvalue weighted by Gasteiger charge is -2.32. The van der Waals surface area contributed by atoms with E-state index in [2.05, 4.69) is 5.32 Å². The molecule has 0 aliphatic rings.